The second-order valence-electron chi connectivity index (χ2n) is 7.22. The Morgan fingerprint density at radius 2 is 1.62 bits per heavy atom. The lowest BCUT2D eigenvalue weighted by Gasteiger charge is -2.36. The summed E-state index contributed by atoms with van der Waals surface area (Å²) in [6, 6.07) is 16.9. The van der Waals surface area contributed by atoms with Gasteiger partial charge in [-0.15, -0.1) is 0 Å². The van der Waals surface area contributed by atoms with E-state index in [1.54, 1.807) is 31.4 Å². The van der Waals surface area contributed by atoms with Crippen molar-refractivity contribution in [1.82, 2.24) is 9.97 Å². The second-order valence-corrected chi connectivity index (χ2v) is 7.22. The van der Waals surface area contributed by atoms with Crippen LogP contribution in [-0.4, -0.2) is 56.4 Å². The molecule has 9 heteroatoms. The summed E-state index contributed by atoms with van der Waals surface area (Å²) < 4.78 is 10.5. The maximum Gasteiger partial charge on any atom is 0.324 e. The fourth-order valence-electron chi connectivity index (χ4n) is 3.59. The topological polar surface area (TPSA) is 91.9 Å². The molecule has 166 valence electrons. The van der Waals surface area contributed by atoms with E-state index in [-0.39, 0.29) is 0 Å². The molecule has 4 rings (SSSR count). The van der Waals surface area contributed by atoms with Gasteiger partial charge in [-0.2, -0.15) is 0 Å². The molecule has 2 amide bonds. The minimum atomic E-state index is -0.424. The zero-order valence-electron chi connectivity index (χ0n) is 18.1. The summed E-state index contributed by atoms with van der Waals surface area (Å²) in [5.74, 6) is 2.34. The molecular formula is C23H26N6O3. The number of ether oxygens (including phenoxy) is 2. The Hall–Kier alpha value is -4.01. The number of rotatable bonds is 6. The highest BCUT2D eigenvalue weighted by Gasteiger charge is 2.19. The number of para-hydroxylation sites is 1. The fraction of sp³-hybridized carbons (Fsp3) is 0.261. The van der Waals surface area contributed by atoms with E-state index in [2.05, 4.69) is 54.7 Å². The summed E-state index contributed by atoms with van der Waals surface area (Å²) in [6.07, 6.45) is 1.46. The molecule has 0 unspecified atom stereocenters. The normalized spacial score (nSPS) is 13.4. The smallest absolute Gasteiger partial charge is 0.324 e. The van der Waals surface area contributed by atoms with E-state index in [4.69, 9.17) is 9.47 Å². The largest absolute Gasteiger partial charge is 0.497 e. The number of aromatic nitrogens is 2. The van der Waals surface area contributed by atoms with E-state index in [0.29, 0.717) is 23.0 Å². The number of urea groups is 1. The third-order valence-electron chi connectivity index (χ3n) is 5.28. The summed E-state index contributed by atoms with van der Waals surface area (Å²) in [5.41, 5.74) is 1.75. The molecule has 1 aliphatic rings. The van der Waals surface area contributed by atoms with Gasteiger partial charge in [-0.3, -0.25) is 5.32 Å². The van der Waals surface area contributed by atoms with Gasteiger partial charge in [0, 0.05) is 44.0 Å². The Bertz CT molecular complexity index is 1050. The molecule has 0 bridgehead atoms. The summed E-state index contributed by atoms with van der Waals surface area (Å²) in [4.78, 5) is 25.6. The van der Waals surface area contributed by atoms with Crippen LogP contribution in [0.2, 0.25) is 0 Å². The first kappa shape index (κ1) is 21.2. The highest BCUT2D eigenvalue weighted by Crippen LogP contribution is 2.29. The van der Waals surface area contributed by atoms with Crippen LogP contribution in [0.1, 0.15) is 0 Å². The average molecular weight is 435 g/mol. The zero-order valence-corrected chi connectivity index (χ0v) is 18.1. The summed E-state index contributed by atoms with van der Waals surface area (Å²) >= 11 is 0. The van der Waals surface area contributed by atoms with Crippen LogP contribution in [-0.2, 0) is 0 Å². The van der Waals surface area contributed by atoms with Gasteiger partial charge in [0.25, 0.3) is 0 Å². The Balaban J connectivity index is 1.37. The van der Waals surface area contributed by atoms with Crippen molar-refractivity contribution in [3.05, 3.63) is 60.9 Å². The van der Waals surface area contributed by atoms with Crippen LogP contribution >= 0.6 is 0 Å². The molecule has 32 heavy (non-hydrogen) atoms. The van der Waals surface area contributed by atoms with Crippen LogP contribution < -0.4 is 29.9 Å². The molecule has 0 saturated carbocycles. The molecule has 0 aliphatic carbocycles. The lowest BCUT2D eigenvalue weighted by molar-refractivity contribution is 0.262. The Morgan fingerprint density at radius 3 is 2.34 bits per heavy atom. The molecule has 9 nitrogen and oxygen atoms in total. The van der Waals surface area contributed by atoms with Crippen LogP contribution in [0.4, 0.5) is 27.8 Å². The minimum Gasteiger partial charge on any atom is -0.497 e. The Kier molecular flexibility index (Phi) is 6.54. The number of nitrogens with zero attached hydrogens (tertiary/aromatic N) is 4. The summed E-state index contributed by atoms with van der Waals surface area (Å²) in [6.45, 7) is 3.46. The third kappa shape index (κ3) is 5.00. The molecule has 3 aromatic rings. The number of carbonyl (C=O) groups excluding carboxylic acids is 1. The number of methoxy groups -OCH3 is 2. The van der Waals surface area contributed by atoms with Gasteiger partial charge >= 0.3 is 6.03 Å². The van der Waals surface area contributed by atoms with Crippen LogP contribution in [0.15, 0.2) is 60.9 Å². The first-order chi connectivity index (χ1) is 15.7. The molecule has 2 N–H and O–H groups in total. The number of benzene rings is 2. The standard InChI is InChI=1S/C23H26N6O3/c1-31-18-8-9-19(20(14-18)32-2)26-23(30)27-21-15-22(25-16-24-21)29-12-10-28(11-13-29)17-6-4-3-5-7-17/h3-9,14-16H,10-13H2,1-2H3,(H2,24,25,26,27,30). The number of amides is 2. The van der Waals surface area contributed by atoms with Crippen molar-refractivity contribution in [2.24, 2.45) is 0 Å². The van der Waals surface area contributed by atoms with Gasteiger partial charge in [0.15, 0.2) is 0 Å². The van der Waals surface area contributed by atoms with E-state index >= 15 is 0 Å². The van der Waals surface area contributed by atoms with Crippen molar-refractivity contribution in [3.63, 3.8) is 0 Å². The zero-order chi connectivity index (χ0) is 22.3. The van der Waals surface area contributed by atoms with Gasteiger partial charge in [-0.25, -0.2) is 14.8 Å². The lowest BCUT2D eigenvalue weighted by Crippen LogP contribution is -2.46. The summed E-state index contributed by atoms with van der Waals surface area (Å²) in [5, 5.41) is 5.53. The number of nitrogens with one attached hydrogen (secondary N) is 2. The SMILES string of the molecule is COc1ccc(NC(=O)Nc2cc(N3CCN(c4ccccc4)CC3)ncn2)c(OC)c1. The van der Waals surface area contributed by atoms with E-state index < -0.39 is 6.03 Å². The Morgan fingerprint density at radius 1 is 0.875 bits per heavy atom. The highest BCUT2D eigenvalue weighted by molar-refractivity contribution is 6.00. The van der Waals surface area contributed by atoms with E-state index in [0.717, 1.165) is 32.0 Å². The third-order valence-corrected chi connectivity index (χ3v) is 5.28. The first-order valence-electron chi connectivity index (χ1n) is 10.3. The van der Waals surface area contributed by atoms with E-state index in [1.807, 2.05) is 6.07 Å². The second kappa shape index (κ2) is 9.86. The molecule has 2 heterocycles. The molecule has 2 aromatic carbocycles. The van der Waals surface area contributed by atoms with Crippen molar-refractivity contribution < 1.29 is 14.3 Å². The van der Waals surface area contributed by atoms with Gasteiger partial charge in [0.1, 0.15) is 29.5 Å². The van der Waals surface area contributed by atoms with Crippen molar-refractivity contribution in [1.29, 1.82) is 0 Å². The molecule has 0 spiro atoms. The van der Waals surface area contributed by atoms with Gasteiger partial charge in [-0.05, 0) is 24.3 Å². The average Bonchev–Trinajstić information content (AvgIpc) is 2.85. The monoisotopic (exact) mass is 434 g/mol. The molecule has 1 aromatic heterocycles. The highest BCUT2D eigenvalue weighted by atomic mass is 16.5. The number of anilines is 4. The predicted octanol–water partition coefficient (Wildman–Crippen LogP) is 3.46. The molecule has 1 aliphatic heterocycles. The fourth-order valence-corrected chi connectivity index (χ4v) is 3.59. The maximum absolute atomic E-state index is 12.5. The number of carbonyl (C=O) groups is 1. The predicted molar refractivity (Wildman–Crippen MR) is 125 cm³/mol. The molecular weight excluding hydrogens is 408 g/mol. The number of piperazine rings is 1. The van der Waals surface area contributed by atoms with Crippen molar-refractivity contribution >= 4 is 29.0 Å². The van der Waals surface area contributed by atoms with Gasteiger partial charge in [0.05, 0.1) is 19.9 Å². The summed E-state index contributed by atoms with van der Waals surface area (Å²) in [7, 11) is 3.11. The number of hydrogen-bond donors (Lipinski definition) is 2. The molecule has 1 saturated heterocycles. The van der Waals surface area contributed by atoms with Gasteiger partial charge in [0.2, 0.25) is 0 Å². The van der Waals surface area contributed by atoms with Crippen LogP contribution in [0.5, 0.6) is 11.5 Å². The molecule has 0 atom stereocenters. The molecule has 1 fully saturated rings. The maximum atomic E-state index is 12.5. The van der Waals surface area contributed by atoms with Gasteiger partial charge < -0.3 is 24.6 Å². The Labute approximate surface area is 187 Å². The van der Waals surface area contributed by atoms with E-state index in [1.165, 1.54) is 19.1 Å². The van der Waals surface area contributed by atoms with Crippen LogP contribution in [0.25, 0.3) is 0 Å². The van der Waals surface area contributed by atoms with Crippen LogP contribution in [0, 0.1) is 0 Å². The first-order valence-corrected chi connectivity index (χ1v) is 10.3. The van der Waals surface area contributed by atoms with Crippen molar-refractivity contribution in [3.8, 4) is 11.5 Å². The number of hydrogen-bond acceptors (Lipinski definition) is 7. The molecule has 0 radical (unpaired) electrons. The van der Waals surface area contributed by atoms with Crippen molar-refractivity contribution in [2.45, 2.75) is 0 Å². The van der Waals surface area contributed by atoms with Crippen LogP contribution in [0.3, 0.4) is 0 Å². The lowest BCUT2D eigenvalue weighted by atomic mass is 10.2. The van der Waals surface area contributed by atoms with E-state index in [9.17, 15) is 4.79 Å². The minimum absolute atomic E-state index is 0.422. The quantitative estimate of drug-likeness (QED) is 0.614. The van der Waals surface area contributed by atoms with Crippen molar-refractivity contribution in [2.75, 3.05) is 60.8 Å². The van der Waals surface area contributed by atoms with Gasteiger partial charge in [-0.1, -0.05) is 18.2 Å².